The van der Waals surface area contributed by atoms with Gasteiger partial charge in [0.15, 0.2) is 0 Å². The highest BCUT2D eigenvalue weighted by Gasteiger charge is 2.66. The van der Waals surface area contributed by atoms with E-state index in [9.17, 15) is 14.4 Å². The zero-order valence-electron chi connectivity index (χ0n) is 12.9. The topological polar surface area (TPSA) is 75.7 Å². The van der Waals surface area contributed by atoms with Crippen molar-refractivity contribution in [1.82, 2.24) is 10.2 Å². The molecular weight excluding hydrogens is 284 g/mol. The monoisotopic (exact) mass is 304 g/mol. The first-order valence-electron chi connectivity index (χ1n) is 7.53. The number of carbonyl (C=O) groups excluding carboxylic acids is 3. The Labute approximate surface area is 129 Å². The predicted molar refractivity (Wildman–Crippen MR) is 78.5 cm³/mol. The van der Waals surface area contributed by atoms with Crippen molar-refractivity contribution in [1.29, 1.82) is 0 Å². The largest absolute Gasteiger partial charge is 0.465 e. The summed E-state index contributed by atoms with van der Waals surface area (Å²) in [7, 11) is 1.48. The molecule has 1 N–H and O–H groups in total. The number of imide groups is 1. The lowest BCUT2D eigenvalue weighted by atomic mass is 9.79. The maximum atomic E-state index is 12.5. The van der Waals surface area contributed by atoms with Crippen LogP contribution in [0.3, 0.4) is 0 Å². The standard InChI is InChI=1S/C16H20N2O4/c1-4-22-15(21)16(2)11-10(13(19)18(3)14(11)20)12(17-16)9-7-5-6-8-9/h5-12,17H,4H2,1-3H3. The summed E-state index contributed by atoms with van der Waals surface area (Å²) in [5.41, 5.74) is -1.17. The highest BCUT2D eigenvalue weighted by molar-refractivity contribution is 6.09. The van der Waals surface area contributed by atoms with Gasteiger partial charge >= 0.3 is 5.97 Å². The van der Waals surface area contributed by atoms with Crippen LogP contribution in [0.15, 0.2) is 24.3 Å². The number of nitrogens with zero attached hydrogens (tertiary/aromatic N) is 1. The van der Waals surface area contributed by atoms with E-state index in [2.05, 4.69) is 5.32 Å². The number of fused-ring (bicyclic) bond motifs is 1. The summed E-state index contributed by atoms with van der Waals surface area (Å²) in [6, 6.07) is -0.282. The van der Waals surface area contributed by atoms with Gasteiger partial charge in [0.2, 0.25) is 11.8 Å². The highest BCUT2D eigenvalue weighted by atomic mass is 16.5. The summed E-state index contributed by atoms with van der Waals surface area (Å²) in [5, 5.41) is 3.23. The summed E-state index contributed by atoms with van der Waals surface area (Å²) in [6.07, 6.45) is 7.77. The molecule has 2 aliphatic heterocycles. The molecule has 2 heterocycles. The van der Waals surface area contributed by atoms with Crippen LogP contribution < -0.4 is 5.32 Å². The van der Waals surface area contributed by atoms with Crippen molar-refractivity contribution in [3.63, 3.8) is 0 Å². The molecule has 3 aliphatic rings. The van der Waals surface area contributed by atoms with Gasteiger partial charge in [-0.05, 0) is 13.8 Å². The van der Waals surface area contributed by atoms with Gasteiger partial charge in [-0.1, -0.05) is 24.3 Å². The molecule has 6 heteroatoms. The molecular formula is C16H20N2O4. The third kappa shape index (κ3) is 1.86. The first-order chi connectivity index (χ1) is 10.4. The SMILES string of the molecule is CCOC(=O)C1(C)NC(C2C=CC=C2)C2C(=O)N(C)C(=O)C21. The van der Waals surface area contributed by atoms with Crippen LogP contribution in [-0.2, 0) is 19.1 Å². The Bertz CT molecular complexity index is 585. The number of nitrogens with one attached hydrogen (secondary N) is 1. The number of amides is 2. The maximum Gasteiger partial charge on any atom is 0.326 e. The van der Waals surface area contributed by atoms with Gasteiger partial charge in [-0.2, -0.15) is 0 Å². The van der Waals surface area contributed by atoms with E-state index in [1.54, 1.807) is 13.8 Å². The lowest BCUT2D eigenvalue weighted by Gasteiger charge is -2.29. The van der Waals surface area contributed by atoms with Crippen molar-refractivity contribution in [2.75, 3.05) is 13.7 Å². The second kappa shape index (κ2) is 5.05. The molecule has 2 fully saturated rings. The van der Waals surface area contributed by atoms with Crippen LogP contribution in [0.1, 0.15) is 13.8 Å². The van der Waals surface area contributed by atoms with Gasteiger partial charge in [0.05, 0.1) is 18.4 Å². The maximum absolute atomic E-state index is 12.5. The Balaban J connectivity index is 2.01. The normalized spacial score (nSPS) is 37.2. The van der Waals surface area contributed by atoms with E-state index in [4.69, 9.17) is 4.74 Å². The fourth-order valence-corrected chi connectivity index (χ4v) is 3.82. The molecule has 0 saturated carbocycles. The van der Waals surface area contributed by atoms with Crippen LogP contribution in [-0.4, -0.2) is 47.9 Å². The number of hydrogen-bond acceptors (Lipinski definition) is 5. The van der Waals surface area contributed by atoms with E-state index in [-0.39, 0.29) is 30.4 Å². The summed E-state index contributed by atoms with van der Waals surface area (Å²) < 4.78 is 5.15. The van der Waals surface area contributed by atoms with Crippen molar-refractivity contribution in [3.8, 4) is 0 Å². The highest BCUT2D eigenvalue weighted by Crippen LogP contribution is 2.45. The second-order valence-electron chi connectivity index (χ2n) is 6.18. The Morgan fingerprint density at radius 3 is 2.55 bits per heavy atom. The van der Waals surface area contributed by atoms with Crippen molar-refractivity contribution in [3.05, 3.63) is 24.3 Å². The summed E-state index contributed by atoms with van der Waals surface area (Å²) >= 11 is 0. The van der Waals surface area contributed by atoms with Crippen molar-refractivity contribution in [2.45, 2.75) is 25.4 Å². The molecule has 4 unspecified atom stereocenters. The molecule has 0 aromatic rings. The van der Waals surface area contributed by atoms with Gasteiger partial charge in [-0.25, -0.2) is 0 Å². The molecule has 3 rings (SSSR count). The predicted octanol–water partition coefficient (Wildman–Crippen LogP) is 0.253. The minimum absolute atomic E-state index is 0.00741. The average molecular weight is 304 g/mol. The number of rotatable bonds is 3. The van der Waals surface area contributed by atoms with Crippen LogP contribution in [0.2, 0.25) is 0 Å². The molecule has 6 nitrogen and oxygen atoms in total. The molecule has 22 heavy (non-hydrogen) atoms. The van der Waals surface area contributed by atoms with Crippen molar-refractivity contribution >= 4 is 17.8 Å². The van der Waals surface area contributed by atoms with Crippen molar-refractivity contribution in [2.24, 2.45) is 17.8 Å². The zero-order chi connectivity index (χ0) is 16.1. The van der Waals surface area contributed by atoms with E-state index in [0.29, 0.717) is 0 Å². The lowest BCUT2D eigenvalue weighted by molar-refractivity contribution is -0.155. The Kier molecular flexibility index (Phi) is 3.44. The van der Waals surface area contributed by atoms with E-state index in [0.717, 1.165) is 4.90 Å². The van der Waals surface area contributed by atoms with E-state index >= 15 is 0 Å². The lowest BCUT2D eigenvalue weighted by Crippen LogP contribution is -2.55. The number of hydrogen-bond donors (Lipinski definition) is 1. The smallest absolute Gasteiger partial charge is 0.326 e. The number of likely N-dealkylation sites (tertiary alicyclic amines) is 1. The first kappa shape index (κ1) is 15.0. The molecule has 118 valence electrons. The molecule has 2 amide bonds. The Morgan fingerprint density at radius 1 is 1.32 bits per heavy atom. The summed E-state index contributed by atoms with van der Waals surface area (Å²) in [5.74, 6) is -2.27. The average Bonchev–Trinajstić information content (AvgIpc) is 3.15. The van der Waals surface area contributed by atoms with Gasteiger partial charge in [0, 0.05) is 19.0 Å². The van der Waals surface area contributed by atoms with E-state index < -0.39 is 23.3 Å². The van der Waals surface area contributed by atoms with Crippen LogP contribution in [0, 0.1) is 17.8 Å². The number of ether oxygens (including phenoxy) is 1. The molecule has 1 aliphatic carbocycles. The number of allylic oxidation sites excluding steroid dienone is 2. The molecule has 0 bridgehead atoms. The van der Waals surface area contributed by atoms with Crippen LogP contribution in [0.25, 0.3) is 0 Å². The molecule has 2 saturated heterocycles. The fraction of sp³-hybridized carbons (Fsp3) is 0.562. The number of esters is 1. The number of carbonyl (C=O) groups is 3. The quantitative estimate of drug-likeness (QED) is 0.598. The van der Waals surface area contributed by atoms with E-state index in [1.807, 2.05) is 24.3 Å². The zero-order valence-corrected chi connectivity index (χ0v) is 12.9. The Morgan fingerprint density at radius 2 is 1.95 bits per heavy atom. The third-order valence-electron chi connectivity index (χ3n) is 4.94. The van der Waals surface area contributed by atoms with Crippen LogP contribution in [0.4, 0.5) is 0 Å². The Hall–Kier alpha value is -1.95. The molecule has 0 radical (unpaired) electrons. The second-order valence-corrected chi connectivity index (χ2v) is 6.18. The minimum atomic E-state index is -1.17. The fourth-order valence-electron chi connectivity index (χ4n) is 3.82. The van der Waals surface area contributed by atoms with E-state index in [1.165, 1.54) is 7.05 Å². The van der Waals surface area contributed by atoms with Gasteiger partial charge in [-0.15, -0.1) is 0 Å². The van der Waals surface area contributed by atoms with Crippen LogP contribution >= 0.6 is 0 Å². The molecule has 0 aromatic carbocycles. The van der Waals surface area contributed by atoms with Gasteiger partial charge < -0.3 is 4.74 Å². The molecule has 4 atom stereocenters. The molecule has 0 spiro atoms. The van der Waals surface area contributed by atoms with Gasteiger partial charge in [0.1, 0.15) is 5.54 Å². The first-order valence-corrected chi connectivity index (χ1v) is 7.53. The summed E-state index contributed by atoms with van der Waals surface area (Å²) in [6.45, 7) is 3.62. The van der Waals surface area contributed by atoms with Gasteiger partial charge in [-0.3, -0.25) is 24.6 Å². The third-order valence-corrected chi connectivity index (χ3v) is 4.94. The molecule has 0 aromatic heterocycles. The van der Waals surface area contributed by atoms with Gasteiger partial charge in [0.25, 0.3) is 0 Å². The summed E-state index contributed by atoms with van der Waals surface area (Å²) in [4.78, 5) is 38.6. The minimum Gasteiger partial charge on any atom is -0.465 e. The van der Waals surface area contributed by atoms with Crippen LogP contribution in [0.5, 0.6) is 0 Å². The van der Waals surface area contributed by atoms with Crippen molar-refractivity contribution < 1.29 is 19.1 Å².